The molecular formula is C10H18N2O. The number of nitrogens with two attached hydrogens (primary N) is 1. The summed E-state index contributed by atoms with van der Waals surface area (Å²) in [4.78, 5) is 13.1. The molecule has 1 heterocycles. The molecule has 0 aromatic carbocycles. The van der Waals surface area contributed by atoms with E-state index in [4.69, 9.17) is 5.73 Å². The molecule has 3 nitrogen and oxygen atoms in total. The van der Waals surface area contributed by atoms with Crippen molar-refractivity contribution in [1.29, 1.82) is 0 Å². The molecule has 0 spiro atoms. The Balaban J connectivity index is 1.74. The summed E-state index contributed by atoms with van der Waals surface area (Å²) in [6.07, 6.45) is 5.35. The van der Waals surface area contributed by atoms with Crippen molar-refractivity contribution < 1.29 is 4.79 Å². The average Bonchev–Trinajstić information content (AvgIpc) is 2.72. The van der Waals surface area contributed by atoms with Gasteiger partial charge >= 0.3 is 0 Å². The number of carbonyl (C=O) groups excluding carboxylic acids is 1. The third-order valence-corrected chi connectivity index (χ3v) is 3.36. The first kappa shape index (κ1) is 9.00. The van der Waals surface area contributed by atoms with Gasteiger partial charge in [-0.05, 0) is 31.6 Å². The normalized spacial score (nSPS) is 31.1. The van der Waals surface area contributed by atoms with Gasteiger partial charge in [-0.2, -0.15) is 0 Å². The molecule has 1 saturated heterocycles. The second-order valence-corrected chi connectivity index (χ2v) is 4.75. The van der Waals surface area contributed by atoms with Crippen LogP contribution in [0.5, 0.6) is 0 Å². The Kier molecular flexibility index (Phi) is 2.06. The number of likely N-dealkylation sites (tertiary alicyclic amines) is 1. The summed E-state index contributed by atoms with van der Waals surface area (Å²) < 4.78 is 0. The summed E-state index contributed by atoms with van der Waals surface area (Å²) in [6.45, 7) is 0.939. The molecule has 0 aromatic heterocycles. The molecule has 74 valence electrons. The molecule has 1 unspecified atom stereocenters. The average molecular weight is 182 g/mol. The van der Waals surface area contributed by atoms with Crippen LogP contribution >= 0.6 is 0 Å². The smallest absolute Gasteiger partial charge is 0.222 e. The van der Waals surface area contributed by atoms with Crippen LogP contribution in [0.15, 0.2) is 0 Å². The molecule has 0 bridgehead atoms. The van der Waals surface area contributed by atoms with Gasteiger partial charge in [-0.1, -0.05) is 0 Å². The molecule has 1 aliphatic heterocycles. The predicted molar refractivity (Wildman–Crippen MR) is 51.1 cm³/mol. The maximum atomic E-state index is 11.2. The van der Waals surface area contributed by atoms with Crippen molar-refractivity contribution >= 4 is 5.91 Å². The first-order chi connectivity index (χ1) is 6.09. The van der Waals surface area contributed by atoms with Gasteiger partial charge in [-0.15, -0.1) is 0 Å². The van der Waals surface area contributed by atoms with Gasteiger partial charge in [-0.25, -0.2) is 0 Å². The van der Waals surface area contributed by atoms with Crippen LogP contribution in [-0.2, 0) is 4.79 Å². The van der Waals surface area contributed by atoms with E-state index in [0.717, 1.165) is 25.8 Å². The van der Waals surface area contributed by atoms with Gasteiger partial charge in [0.1, 0.15) is 0 Å². The molecule has 1 saturated carbocycles. The topological polar surface area (TPSA) is 46.3 Å². The molecule has 0 aromatic rings. The van der Waals surface area contributed by atoms with E-state index in [1.807, 2.05) is 11.9 Å². The van der Waals surface area contributed by atoms with E-state index in [1.54, 1.807) is 0 Å². The van der Waals surface area contributed by atoms with Crippen LogP contribution in [0.4, 0.5) is 0 Å². The molecule has 1 aliphatic carbocycles. The highest BCUT2D eigenvalue weighted by Gasteiger charge is 2.39. The van der Waals surface area contributed by atoms with E-state index in [-0.39, 0.29) is 5.54 Å². The first-order valence-corrected chi connectivity index (χ1v) is 5.12. The minimum atomic E-state index is 0.157. The van der Waals surface area contributed by atoms with Gasteiger partial charge in [-0.3, -0.25) is 4.79 Å². The fraction of sp³-hybridized carbons (Fsp3) is 0.900. The fourth-order valence-corrected chi connectivity index (χ4v) is 2.05. The molecule has 2 fully saturated rings. The number of carbonyl (C=O) groups is 1. The third-order valence-electron chi connectivity index (χ3n) is 3.36. The zero-order valence-electron chi connectivity index (χ0n) is 8.25. The maximum absolute atomic E-state index is 11.2. The standard InChI is InChI=1S/C10H18N2O/c1-12-7-8(6-9(12)13)2-3-10(11)4-5-10/h8H,2-7,11H2,1H3. The minimum Gasteiger partial charge on any atom is -0.345 e. The van der Waals surface area contributed by atoms with E-state index in [1.165, 1.54) is 12.8 Å². The van der Waals surface area contributed by atoms with Crippen molar-refractivity contribution in [3.8, 4) is 0 Å². The van der Waals surface area contributed by atoms with Crippen LogP contribution in [0, 0.1) is 5.92 Å². The molecule has 2 aliphatic rings. The van der Waals surface area contributed by atoms with Gasteiger partial charge < -0.3 is 10.6 Å². The lowest BCUT2D eigenvalue weighted by Crippen LogP contribution is -2.23. The summed E-state index contributed by atoms with van der Waals surface area (Å²) in [5.74, 6) is 0.866. The number of rotatable bonds is 3. The van der Waals surface area contributed by atoms with Crippen molar-refractivity contribution in [3.05, 3.63) is 0 Å². The zero-order valence-corrected chi connectivity index (χ0v) is 8.25. The molecule has 13 heavy (non-hydrogen) atoms. The van der Waals surface area contributed by atoms with E-state index in [0.29, 0.717) is 11.8 Å². The number of nitrogens with zero attached hydrogens (tertiary/aromatic N) is 1. The van der Waals surface area contributed by atoms with Crippen molar-refractivity contribution in [1.82, 2.24) is 4.90 Å². The summed E-state index contributed by atoms with van der Waals surface area (Å²) >= 11 is 0. The van der Waals surface area contributed by atoms with Crippen LogP contribution in [0.1, 0.15) is 32.1 Å². The van der Waals surface area contributed by atoms with Crippen LogP contribution in [0.2, 0.25) is 0 Å². The Morgan fingerprint density at radius 3 is 2.77 bits per heavy atom. The largest absolute Gasteiger partial charge is 0.345 e. The Hall–Kier alpha value is -0.570. The zero-order chi connectivity index (χ0) is 9.47. The minimum absolute atomic E-state index is 0.157. The van der Waals surface area contributed by atoms with Crippen LogP contribution in [0.3, 0.4) is 0 Å². The van der Waals surface area contributed by atoms with E-state index in [2.05, 4.69) is 0 Å². The molecule has 0 radical (unpaired) electrons. The summed E-state index contributed by atoms with van der Waals surface area (Å²) in [6, 6.07) is 0. The van der Waals surface area contributed by atoms with Gasteiger partial charge in [0.2, 0.25) is 5.91 Å². The van der Waals surface area contributed by atoms with Gasteiger partial charge in [0, 0.05) is 25.6 Å². The predicted octanol–water partition coefficient (Wildman–Crippen LogP) is 0.736. The third kappa shape index (κ3) is 2.02. The number of amides is 1. The van der Waals surface area contributed by atoms with Crippen LogP contribution in [-0.4, -0.2) is 29.9 Å². The summed E-state index contributed by atoms with van der Waals surface area (Å²) in [5, 5.41) is 0. The molecule has 1 atom stereocenters. The first-order valence-electron chi connectivity index (χ1n) is 5.12. The number of hydrogen-bond acceptors (Lipinski definition) is 2. The van der Waals surface area contributed by atoms with Crippen molar-refractivity contribution in [3.63, 3.8) is 0 Å². The lowest BCUT2D eigenvalue weighted by Gasteiger charge is -2.12. The Morgan fingerprint density at radius 1 is 1.62 bits per heavy atom. The summed E-state index contributed by atoms with van der Waals surface area (Å²) in [5.41, 5.74) is 6.15. The monoisotopic (exact) mass is 182 g/mol. The molecule has 2 N–H and O–H groups in total. The van der Waals surface area contributed by atoms with Crippen LogP contribution < -0.4 is 5.73 Å². The highest BCUT2D eigenvalue weighted by molar-refractivity contribution is 5.78. The Labute approximate surface area is 79.3 Å². The number of hydrogen-bond donors (Lipinski definition) is 1. The van der Waals surface area contributed by atoms with Gasteiger partial charge in [0.15, 0.2) is 0 Å². The maximum Gasteiger partial charge on any atom is 0.222 e. The molecule has 2 rings (SSSR count). The SMILES string of the molecule is CN1CC(CCC2(N)CC2)CC1=O. The lowest BCUT2D eigenvalue weighted by atomic mass is 9.98. The van der Waals surface area contributed by atoms with Crippen molar-refractivity contribution in [2.75, 3.05) is 13.6 Å². The lowest BCUT2D eigenvalue weighted by molar-refractivity contribution is -0.126. The quantitative estimate of drug-likeness (QED) is 0.699. The van der Waals surface area contributed by atoms with E-state index >= 15 is 0 Å². The second-order valence-electron chi connectivity index (χ2n) is 4.75. The molecule has 3 heteroatoms. The molecule has 1 amide bonds. The van der Waals surface area contributed by atoms with E-state index in [9.17, 15) is 4.79 Å². The second kappa shape index (κ2) is 2.98. The fourth-order valence-electron chi connectivity index (χ4n) is 2.05. The van der Waals surface area contributed by atoms with Gasteiger partial charge in [0.25, 0.3) is 0 Å². The molecular weight excluding hydrogens is 164 g/mol. The summed E-state index contributed by atoms with van der Waals surface area (Å²) in [7, 11) is 1.89. The van der Waals surface area contributed by atoms with Crippen LogP contribution in [0.25, 0.3) is 0 Å². The van der Waals surface area contributed by atoms with Crippen molar-refractivity contribution in [2.45, 2.75) is 37.6 Å². The van der Waals surface area contributed by atoms with Crippen molar-refractivity contribution in [2.24, 2.45) is 11.7 Å². The van der Waals surface area contributed by atoms with E-state index < -0.39 is 0 Å². The van der Waals surface area contributed by atoms with Gasteiger partial charge in [0.05, 0.1) is 0 Å². The highest BCUT2D eigenvalue weighted by Crippen LogP contribution is 2.38. The highest BCUT2D eigenvalue weighted by atomic mass is 16.2. The Bertz CT molecular complexity index is 223. The Morgan fingerprint density at radius 2 is 2.31 bits per heavy atom.